The third kappa shape index (κ3) is 4.26. The van der Waals surface area contributed by atoms with Gasteiger partial charge in [0.25, 0.3) is 0 Å². The highest BCUT2D eigenvalue weighted by Crippen LogP contribution is 2.31. The number of hydrogen-bond donors (Lipinski definition) is 0. The summed E-state index contributed by atoms with van der Waals surface area (Å²) < 4.78 is 3.85. The summed E-state index contributed by atoms with van der Waals surface area (Å²) in [4.78, 5) is 33.3. The van der Waals surface area contributed by atoms with Crippen LogP contribution in [0.25, 0.3) is 0 Å². The second-order valence-corrected chi connectivity index (χ2v) is 7.75. The number of piperidine rings is 2. The van der Waals surface area contributed by atoms with E-state index in [1.165, 1.54) is 0 Å². The fourth-order valence-electron chi connectivity index (χ4n) is 4.51. The van der Waals surface area contributed by atoms with Gasteiger partial charge >= 0.3 is 0 Å². The van der Waals surface area contributed by atoms with Crippen molar-refractivity contribution >= 4 is 11.8 Å². The molecule has 0 aromatic carbocycles. The van der Waals surface area contributed by atoms with Crippen molar-refractivity contribution in [3.63, 3.8) is 0 Å². The van der Waals surface area contributed by atoms with Gasteiger partial charge in [-0.05, 0) is 31.2 Å². The van der Waals surface area contributed by atoms with Gasteiger partial charge in [0, 0.05) is 76.4 Å². The van der Waals surface area contributed by atoms with Crippen molar-refractivity contribution in [2.45, 2.75) is 51.2 Å². The molecule has 2 fully saturated rings. The number of rotatable bonds is 7. The van der Waals surface area contributed by atoms with Crippen molar-refractivity contribution in [3.8, 4) is 0 Å². The van der Waals surface area contributed by atoms with Crippen molar-refractivity contribution in [1.29, 1.82) is 0 Å². The average Bonchev–Trinajstić information content (AvgIpc) is 3.41. The third-order valence-electron chi connectivity index (χ3n) is 5.98. The maximum atomic E-state index is 12.6. The van der Waals surface area contributed by atoms with Gasteiger partial charge in [-0.25, -0.2) is 4.98 Å². The molecule has 150 valence electrons. The molecule has 0 N–H and O–H groups in total. The number of aryl methyl sites for hydroxylation is 2. The molecule has 0 spiro atoms. The van der Waals surface area contributed by atoms with Crippen molar-refractivity contribution in [1.82, 2.24) is 29.1 Å². The minimum atomic E-state index is 0.192. The minimum Gasteiger partial charge on any atom is -0.342 e. The van der Waals surface area contributed by atoms with Crippen LogP contribution >= 0.6 is 0 Å². The number of amides is 2. The molecular formula is C20H28N6O2. The maximum absolute atomic E-state index is 12.6. The number of carbonyl (C=O) groups is 2. The van der Waals surface area contributed by atoms with E-state index in [1.54, 1.807) is 17.1 Å². The van der Waals surface area contributed by atoms with Crippen LogP contribution in [0, 0.1) is 5.92 Å². The van der Waals surface area contributed by atoms with Crippen LogP contribution in [0.5, 0.6) is 0 Å². The number of hydrogen-bond acceptors (Lipinski definition) is 4. The van der Waals surface area contributed by atoms with Crippen LogP contribution in [0.15, 0.2) is 37.2 Å². The molecule has 2 aromatic rings. The summed E-state index contributed by atoms with van der Waals surface area (Å²) in [6.07, 6.45) is 12.9. The highest BCUT2D eigenvalue weighted by molar-refractivity contribution is 5.78. The second kappa shape index (κ2) is 8.58. The number of carbonyl (C=O) groups excluding carboxylic acids is 2. The molecule has 0 bridgehead atoms. The second-order valence-electron chi connectivity index (χ2n) is 7.75. The smallest absolute Gasteiger partial charge is 0.224 e. The van der Waals surface area contributed by atoms with Gasteiger partial charge in [-0.1, -0.05) is 0 Å². The summed E-state index contributed by atoms with van der Waals surface area (Å²) in [7, 11) is 0. The Kier molecular flexibility index (Phi) is 5.73. The Labute approximate surface area is 165 Å². The number of imidazole rings is 1. The Hall–Kier alpha value is -2.64. The zero-order valence-corrected chi connectivity index (χ0v) is 16.2. The Balaban J connectivity index is 1.29. The lowest BCUT2D eigenvalue weighted by atomic mass is 9.83. The van der Waals surface area contributed by atoms with Crippen LogP contribution < -0.4 is 0 Å². The van der Waals surface area contributed by atoms with Crippen LogP contribution in [0.4, 0.5) is 0 Å². The molecule has 2 atom stereocenters. The van der Waals surface area contributed by atoms with Crippen LogP contribution in [0.2, 0.25) is 0 Å². The van der Waals surface area contributed by atoms with Gasteiger partial charge in [-0.3, -0.25) is 14.3 Å². The molecule has 28 heavy (non-hydrogen) atoms. The van der Waals surface area contributed by atoms with E-state index in [1.807, 2.05) is 34.3 Å². The fourth-order valence-corrected chi connectivity index (χ4v) is 4.51. The highest BCUT2D eigenvalue weighted by Gasteiger charge is 2.39. The first-order chi connectivity index (χ1) is 13.7. The Bertz CT molecular complexity index is 773. The first kappa shape index (κ1) is 18.7. The normalized spacial score (nSPS) is 22.4. The van der Waals surface area contributed by atoms with Crippen LogP contribution in [0.1, 0.15) is 32.1 Å². The summed E-state index contributed by atoms with van der Waals surface area (Å²) in [5.74, 6) is 0.858. The molecule has 2 aliphatic heterocycles. The van der Waals surface area contributed by atoms with Crippen LogP contribution in [-0.4, -0.2) is 66.6 Å². The fraction of sp³-hybridized carbons (Fsp3) is 0.600. The van der Waals surface area contributed by atoms with Crippen molar-refractivity contribution in [3.05, 3.63) is 37.2 Å². The summed E-state index contributed by atoms with van der Waals surface area (Å²) in [5, 5.41) is 4.16. The van der Waals surface area contributed by atoms with Gasteiger partial charge in [0.1, 0.15) is 0 Å². The quantitative estimate of drug-likeness (QED) is 0.723. The largest absolute Gasteiger partial charge is 0.342 e. The van der Waals surface area contributed by atoms with E-state index in [9.17, 15) is 9.59 Å². The number of fused-ring (bicyclic) bond motifs is 1. The van der Waals surface area contributed by atoms with Crippen molar-refractivity contribution < 1.29 is 9.59 Å². The van der Waals surface area contributed by atoms with Gasteiger partial charge in [0.15, 0.2) is 0 Å². The summed E-state index contributed by atoms with van der Waals surface area (Å²) in [5.41, 5.74) is 0. The Morgan fingerprint density at radius 2 is 2.07 bits per heavy atom. The van der Waals surface area contributed by atoms with E-state index in [0.29, 0.717) is 25.3 Å². The molecule has 2 amide bonds. The minimum absolute atomic E-state index is 0.192. The van der Waals surface area contributed by atoms with Gasteiger partial charge in [0.2, 0.25) is 11.8 Å². The predicted octanol–water partition coefficient (Wildman–Crippen LogP) is 1.40. The summed E-state index contributed by atoms with van der Waals surface area (Å²) in [6.45, 7) is 3.79. The first-order valence-corrected chi connectivity index (χ1v) is 10.2. The predicted molar refractivity (Wildman–Crippen MR) is 103 cm³/mol. The van der Waals surface area contributed by atoms with Crippen molar-refractivity contribution in [2.24, 2.45) is 5.92 Å². The monoisotopic (exact) mass is 384 g/mol. The molecule has 0 aliphatic carbocycles. The van der Waals surface area contributed by atoms with Gasteiger partial charge in [-0.2, -0.15) is 5.10 Å². The molecule has 8 heteroatoms. The van der Waals surface area contributed by atoms with E-state index in [0.717, 1.165) is 45.4 Å². The van der Waals surface area contributed by atoms with E-state index in [-0.39, 0.29) is 17.9 Å². The van der Waals surface area contributed by atoms with E-state index in [2.05, 4.69) is 15.0 Å². The van der Waals surface area contributed by atoms with Gasteiger partial charge in [-0.15, -0.1) is 0 Å². The first-order valence-electron chi connectivity index (χ1n) is 10.2. The lowest BCUT2D eigenvalue weighted by molar-refractivity contribution is -0.144. The molecule has 0 radical (unpaired) electrons. The maximum Gasteiger partial charge on any atom is 0.224 e. The number of nitrogens with zero attached hydrogens (tertiary/aromatic N) is 6. The SMILES string of the molecule is O=C(CCn1cccn1)N1CC[C@@H]2[C@@H](CCC(=O)N2CCCn2ccnc2)C1. The van der Waals surface area contributed by atoms with E-state index >= 15 is 0 Å². The molecule has 4 heterocycles. The average molecular weight is 384 g/mol. The lowest BCUT2D eigenvalue weighted by Gasteiger charge is -2.47. The molecular weight excluding hydrogens is 356 g/mol. The van der Waals surface area contributed by atoms with Gasteiger partial charge in [0.05, 0.1) is 6.33 Å². The van der Waals surface area contributed by atoms with Crippen molar-refractivity contribution in [2.75, 3.05) is 19.6 Å². The highest BCUT2D eigenvalue weighted by atomic mass is 16.2. The number of likely N-dealkylation sites (tertiary alicyclic amines) is 2. The van der Waals surface area contributed by atoms with E-state index < -0.39 is 0 Å². The molecule has 2 aliphatic rings. The zero-order valence-electron chi connectivity index (χ0n) is 16.2. The topological polar surface area (TPSA) is 76.3 Å². The molecule has 0 saturated carbocycles. The summed E-state index contributed by atoms with van der Waals surface area (Å²) >= 11 is 0. The Morgan fingerprint density at radius 3 is 2.86 bits per heavy atom. The standard InChI is InChI=1S/C20H28N6O2/c27-19(6-13-25-10-1-7-22-25)24-12-5-18-17(15-24)3-4-20(28)26(18)11-2-9-23-14-8-21-16-23/h1,7-8,10,14,16-18H,2-6,9,11-13,15H2/t17-,18+/m0/s1. The Morgan fingerprint density at radius 1 is 1.14 bits per heavy atom. The molecule has 8 nitrogen and oxygen atoms in total. The molecule has 0 unspecified atom stereocenters. The lowest BCUT2D eigenvalue weighted by Crippen LogP contribution is -2.57. The van der Waals surface area contributed by atoms with E-state index in [4.69, 9.17) is 0 Å². The zero-order chi connectivity index (χ0) is 19.3. The number of aromatic nitrogens is 4. The van der Waals surface area contributed by atoms with Crippen LogP contribution in [0.3, 0.4) is 0 Å². The molecule has 2 aromatic heterocycles. The third-order valence-corrected chi connectivity index (χ3v) is 5.98. The molecule has 2 saturated heterocycles. The van der Waals surface area contributed by atoms with Crippen LogP contribution in [-0.2, 0) is 22.7 Å². The molecule has 4 rings (SSSR count). The van der Waals surface area contributed by atoms with Gasteiger partial charge < -0.3 is 14.4 Å². The summed E-state index contributed by atoms with van der Waals surface area (Å²) in [6, 6.07) is 2.15.